The van der Waals surface area contributed by atoms with Gasteiger partial charge < -0.3 is 5.32 Å². The van der Waals surface area contributed by atoms with Crippen molar-refractivity contribution >= 4 is 50.0 Å². The summed E-state index contributed by atoms with van der Waals surface area (Å²) < 4.78 is 0.993. The van der Waals surface area contributed by atoms with Crippen LogP contribution < -0.4 is 10.6 Å². The van der Waals surface area contributed by atoms with Crippen LogP contribution in [0.5, 0.6) is 0 Å². The SMILES string of the molecule is Cc1ccc(NC(=O)Nc2nc3c(C)c(Cl)ccc3s2)cc1. The number of carbonyl (C=O) groups excluding carboxylic acids is 1. The number of amides is 2. The molecule has 2 amide bonds. The number of hydrogen-bond acceptors (Lipinski definition) is 3. The van der Waals surface area contributed by atoms with Gasteiger partial charge in [0.1, 0.15) is 0 Å². The van der Waals surface area contributed by atoms with E-state index in [-0.39, 0.29) is 6.03 Å². The average molecular weight is 332 g/mol. The van der Waals surface area contributed by atoms with Crippen molar-refractivity contribution in [2.75, 3.05) is 10.6 Å². The predicted molar refractivity (Wildman–Crippen MR) is 93.2 cm³/mol. The highest BCUT2D eigenvalue weighted by Gasteiger charge is 2.11. The van der Waals surface area contributed by atoms with Gasteiger partial charge in [0.15, 0.2) is 5.13 Å². The van der Waals surface area contributed by atoms with Gasteiger partial charge in [-0.25, -0.2) is 9.78 Å². The lowest BCUT2D eigenvalue weighted by Crippen LogP contribution is -2.19. The minimum absolute atomic E-state index is 0.313. The van der Waals surface area contributed by atoms with E-state index in [1.54, 1.807) is 0 Å². The van der Waals surface area contributed by atoms with E-state index in [9.17, 15) is 4.79 Å². The van der Waals surface area contributed by atoms with Gasteiger partial charge in [0, 0.05) is 10.7 Å². The monoisotopic (exact) mass is 331 g/mol. The number of rotatable bonds is 2. The molecule has 3 rings (SSSR count). The molecule has 2 aromatic carbocycles. The molecule has 6 heteroatoms. The van der Waals surface area contributed by atoms with Crippen LogP contribution in [0.15, 0.2) is 36.4 Å². The molecule has 4 nitrogen and oxygen atoms in total. The van der Waals surface area contributed by atoms with Gasteiger partial charge in [0.05, 0.1) is 10.2 Å². The molecule has 0 bridgehead atoms. The number of carbonyl (C=O) groups is 1. The second kappa shape index (κ2) is 5.94. The standard InChI is InChI=1S/C16H14ClN3OS/c1-9-3-5-11(6-4-9)18-15(21)20-16-19-14-10(2)12(17)7-8-13(14)22-16/h3-8H,1-2H3,(H2,18,19,20,21). The Morgan fingerprint density at radius 3 is 2.55 bits per heavy atom. The van der Waals surface area contributed by atoms with Crippen molar-refractivity contribution in [3.63, 3.8) is 0 Å². The van der Waals surface area contributed by atoms with E-state index >= 15 is 0 Å². The molecule has 0 aliphatic rings. The van der Waals surface area contributed by atoms with E-state index < -0.39 is 0 Å². The first-order chi connectivity index (χ1) is 10.5. The van der Waals surface area contributed by atoms with Crippen molar-refractivity contribution in [2.24, 2.45) is 0 Å². The maximum Gasteiger partial charge on any atom is 0.325 e. The molecule has 0 aliphatic heterocycles. The zero-order valence-electron chi connectivity index (χ0n) is 12.1. The van der Waals surface area contributed by atoms with E-state index in [2.05, 4.69) is 15.6 Å². The van der Waals surface area contributed by atoms with E-state index in [4.69, 9.17) is 11.6 Å². The van der Waals surface area contributed by atoms with Crippen molar-refractivity contribution in [1.82, 2.24) is 4.98 Å². The highest BCUT2D eigenvalue weighted by molar-refractivity contribution is 7.22. The van der Waals surface area contributed by atoms with Crippen LogP contribution in [0, 0.1) is 13.8 Å². The van der Waals surface area contributed by atoms with Gasteiger partial charge in [-0.15, -0.1) is 0 Å². The van der Waals surface area contributed by atoms with Crippen LogP contribution in [-0.2, 0) is 0 Å². The highest BCUT2D eigenvalue weighted by atomic mass is 35.5. The van der Waals surface area contributed by atoms with Crippen LogP contribution >= 0.6 is 22.9 Å². The van der Waals surface area contributed by atoms with Crippen LogP contribution in [0.4, 0.5) is 15.6 Å². The van der Waals surface area contributed by atoms with Crippen molar-refractivity contribution in [2.45, 2.75) is 13.8 Å². The number of benzene rings is 2. The summed E-state index contributed by atoms with van der Waals surface area (Å²) in [5, 5.41) is 6.75. The molecule has 1 aromatic heterocycles. The van der Waals surface area contributed by atoms with Crippen LogP contribution in [0.1, 0.15) is 11.1 Å². The molecule has 0 saturated carbocycles. The molecule has 0 spiro atoms. The van der Waals surface area contributed by atoms with Gasteiger partial charge in [-0.3, -0.25) is 5.32 Å². The first-order valence-electron chi connectivity index (χ1n) is 6.73. The molecule has 0 radical (unpaired) electrons. The van der Waals surface area contributed by atoms with Crippen molar-refractivity contribution in [3.05, 3.63) is 52.5 Å². The maximum absolute atomic E-state index is 12.0. The van der Waals surface area contributed by atoms with Crippen LogP contribution in [0.3, 0.4) is 0 Å². The quantitative estimate of drug-likeness (QED) is 0.677. The minimum Gasteiger partial charge on any atom is -0.308 e. The molecule has 3 aromatic rings. The zero-order valence-corrected chi connectivity index (χ0v) is 13.7. The van der Waals surface area contributed by atoms with E-state index in [0.717, 1.165) is 27.0 Å². The minimum atomic E-state index is -0.313. The number of thiazole rings is 1. The Labute approximate surface area is 137 Å². The Hall–Kier alpha value is -2.11. The fourth-order valence-electron chi connectivity index (χ4n) is 2.05. The fraction of sp³-hybridized carbons (Fsp3) is 0.125. The van der Waals surface area contributed by atoms with Gasteiger partial charge in [-0.05, 0) is 43.7 Å². The third kappa shape index (κ3) is 3.05. The zero-order chi connectivity index (χ0) is 15.7. The maximum atomic E-state index is 12.0. The third-order valence-electron chi connectivity index (χ3n) is 3.28. The summed E-state index contributed by atoms with van der Waals surface area (Å²) >= 11 is 7.51. The summed E-state index contributed by atoms with van der Waals surface area (Å²) in [6, 6.07) is 11.0. The van der Waals surface area contributed by atoms with Crippen molar-refractivity contribution in [1.29, 1.82) is 0 Å². The Balaban J connectivity index is 1.76. The lowest BCUT2D eigenvalue weighted by Gasteiger charge is -2.05. The molecule has 112 valence electrons. The van der Waals surface area contributed by atoms with Crippen LogP contribution in [-0.4, -0.2) is 11.0 Å². The number of urea groups is 1. The van der Waals surface area contributed by atoms with E-state index in [1.807, 2.05) is 50.2 Å². The Bertz CT molecular complexity index is 842. The average Bonchev–Trinajstić information content (AvgIpc) is 2.89. The largest absolute Gasteiger partial charge is 0.325 e. The summed E-state index contributed by atoms with van der Waals surface area (Å²) in [5.41, 5.74) is 3.62. The van der Waals surface area contributed by atoms with Gasteiger partial charge in [0.2, 0.25) is 0 Å². The first kappa shape index (κ1) is 14.8. The fourth-order valence-corrected chi connectivity index (χ4v) is 3.12. The molecular formula is C16H14ClN3OS. The normalized spacial score (nSPS) is 10.7. The number of nitrogens with zero attached hydrogens (tertiary/aromatic N) is 1. The topological polar surface area (TPSA) is 54.0 Å². The number of hydrogen-bond donors (Lipinski definition) is 2. The number of nitrogens with one attached hydrogen (secondary N) is 2. The number of aryl methyl sites for hydroxylation is 2. The van der Waals surface area contributed by atoms with Gasteiger partial charge >= 0.3 is 6.03 Å². The summed E-state index contributed by atoms with van der Waals surface area (Å²) in [5.74, 6) is 0. The lowest BCUT2D eigenvalue weighted by atomic mass is 10.2. The molecule has 0 fully saturated rings. The third-order valence-corrected chi connectivity index (χ3v) is 4.62. The number of aromatic nitrogens is 1. The molecule has 22 heavy (non-hydrogen) atoms. The summed E-state index contributed by atoms with van der Waals surface area (Å²) in [7, 11) is 0. The Morgan fingerprint density at radius 1 is 1.09 bits per heavy atom. The summed E-state index contributed by atoms with van der Waals surface area (Å²) in [6.45, 7) is 3.92. The smallest absolute Gasteiger partial charge is 0.308 e. The molecule has 1 heterocycles. The molecule has 0 saturated heterocycles. The van der Waals surface area contributed by atoms with E-state index in [1.165, 1.54) is 11.3 Å². The van der Waals surface area contributed by atoms with Gasteiger partial charge in [-0.1, -0.05) is 40.6 Å². The molecule has 2 N–H and O–H groups in total. The van der Waals surface area contributed by atoms with E-state index in [0.29, 0.717) is 10.2 Å². The van der Waals surface area contributed by atoms with Crippen molar-refractivity contribution < 1.29 is 4.79 Å². The molecule has 0 atom stereocenters. The van der Waals surface area contributed by atoms with Crippen LogP contribution in [0.2, 0.25) is 5.02 Å². The number of fused-ring (bicyclic) bond motifs is 1. The molecule has 0 aliphatic carbocycles. The Morgan fingerprint density at radius 2 is 1.82 bits per heavy atom. The van der Waals surface area contributed by atoms with Crippen LogP contribution in [0.25, 0.3) is 10.2 Å². The summed E-state index contributed by atoms with van der Waals surface area (Å²) in [6.07, 6.45) is 0. The predicted octanol–water partition coefficient (Wildman–Crippen LogP) is 5.21. The van der Waals surface area contributed by atoms with Gasteiger partial charge in [-0.2, -0.15) is 0 Å². The molecular weight excluding hydrogens is 318 g/mol. The number of halogens is 1. The number of anilines is 2. The summed E-state index contributed by atoms with van der Waals surface area (Å²) in [4.78, 5) is 16.4. The Kier molecular flexibility index (Phi) is 4.00. The molecule has 0 unspecified atom stereocenters. The second-order valence-corrected chi connectivity index (χ2v) is 6.42. The first-order valence-corrected chi connectivity index (χ1v) is 7.93. The van der Waals surface area contributed by atoms with Crippen molar-refractivity contribution in [3.8, 4) is 0 Å². The lowest BCUT2D eigenvalue weighted by molar-refractivity contribution is 0.262. The second-order valence-electron chi connectivity index (χ2n) is 4.98. The van der Waals surface area contributed by atoms with Gasteiger partial charge in [0.25, 0.3) is 0 Å². The highest BCUT2D eigenvalue weighted by Crippen LogP contribution is 2.31.